The number of carbonyl (C=O) groups excluding carboxylic acids is 1. The average Bonchev–Trinajstić information content (AvgIpc) is 2.28. The molecular formula is C13H15Cl3O4S. The summed E-state index contributed by atoms with van der Waals surface area (Å²) in [5.41, 5.74) is -0.124. The molecule has 21 heavy (non-hydrogen) atoms. The van der Waals surface area contributed by atoms with E-state index in [4.69, 9.17) is 38.6 Å². The van der Waals surface area contributed by atoms with Gasteiger partial charge in [-0.3, -0.25) is 0 Å². The first-order valence-corrected chi connectivity index (χ1v) is 9.09. The van der Waals surface area contributed by atoms with Crippen LogP contribution < -0.4 is 0 Å². The molecule has 0 aliphatic heterocycles. The van der Waals surface area contributed by atoms with Gasteiger partial charge in [-0.2, -0.15) is 0 Å². The van der Waals surface area contributed by atoms with Gasteiger partial charge >= 0.3 is 5.97 Å². The minimum absolute atomic E-state index is 0.00302. The van der Waals surface area contributed by atoms with Gasteiger partial charge in [-0.1, -0.05) is 44.0 Å². The van der Waals surface area contributed by atoms with Gasteiger partial charge in [-0.15, -0.1) is 0 Å². The molecule has 1 aromatic rings. The van der Waals surface area contributed by atoms with Gasteiger partial charge < -0.3 is 4.74 Å². The van der Waals surface area contributed by atoms with Crippen molar-refractivity contribution in [1.29, 1.82) is 0 Å². The summed E-state index contributed by atoms with van der Waals surface area (Å²) in [4.78, 5) is 11.6. The summed E-state index contributed by atoms with van der Waals surface area (Å²) < 4.78 is 27.9. The Morgan fingerprint density at radius 3 is 2.29 bits per heavy atom. The molecule has 1 rings (SSSR count). The van der Waals surface area contributed by atoms with Crippen LogP contribution >= 0.6 is 33.9 Å². The Balaban J connectivity index is 3.03. The number of rotatable bonds is 4. The fourth-order valence-corrected chi connectivity index (χ4v) is 3.27. The number of hydrogen-bond acceptors (Lipinski definition) is 4. The van der Waals surface area contributed by atoms with Crippen molar-refractivity contribution in [2.75, 3.05) is 6.61 Å². The van der Waals surface area contributed by atoms with Gasteiger partial charge in [0.15, 0.2) is 0 Å². The van der Waals surface area contributed by atoms with Crippen molar-refractivity contribution in [3.8, 4) is 0 Å². The Morgan fingerprint density at radius 2 is 1.81 bits per heavy atom. The van der Waals surface area contributed by atoms with Crippen LogP contribution in [0, 0.1) is 5.41 Å². The lowest BCUT2D eigenvalue weighted by Gasteiger charge is -2.17. The largest absolute Gasteiger partial charge is 0.462 e. The highest BCUT2D eigenvalue weighted by atomic mass is 35.7. The summed E-state index contributed by atoms with van der Waals surface area (Å²) in [6.07, 6.45) is 0.650. The van der Waals surface area contributed by atoms with Crippen LogP contribution in [0.25, 0.3) is 0 Å². The number of benzene rings is 1. The normalized spacial score (nSPS) is 12.3. The highest BCUT2D eigenvalue weighted by molar-refractivity contribution is 8.13. The molecule has 0 saturated carbocycles. The smallest absolute Gasteiger partial charge is 0.339 e. The van der Waals surface area contributed by atoms with Gasteiger partial charge in [0, 0.05) is 15.7 Å². The predicted octanol–water partition coefficient (Wildman–Crippen LogP) is 4.51. The van der Waals surface area contributed by atoms with Gasteiger partial charge in [-0.05, 0) is 24.0 Å². The summed E-state index contributed by atoms with van der Waals surface area (Å²) in [5.74, 6) is -0.742. The molecule has 118 valence electrons. The number of carbonyl (C=O) groups is 1. The van der Waals surface area contributed by atoms with E-state index < -0.39 is 19.9 Å². The fourth-order valence-electron chi connectivity index (χ4n) is 1.42. The highest BCUT2D eigenvalue weighted by Gasteiger charge is 2.23. The van der Waals surface area contributed by atoms with E-state index in [0.29, 0.717) is 6.42 Å². The number of ether oxygens (including phenoxy) is 1. The molecule has 0 heterocycles. The minimum Gasteiger partial charge on any atom is -0.462 e. The van der Waals surface area contributed by atoms with Gasteiger partial charge in [0.1, 0.15) is 4.90 Å². The maximum absolute atomic E-state index is 12.0. The molecule has 0 bridgehead atoms. The molecule has 0 atom stereocenters. The molecule has 8 heteroatoms. The van der Waals surface area contributed by atoms with Crippen LogP contribution in [0.3, 0.4) is 0 Å². The molecule has 0 aromatic heterocycles. The quantitative estimate of drug-likeness (QED) is 0.575. The molecule has 0 fully saturated rings. The van der Waals surface area contributed by atoms with Gasteiger partial charge in [0.2, 0.25) is 0 Å². The molecular weight excluding hydrogens is 359 g/mol. The second-order valence-corrected chi connectivity index (χ2v) is 9.00. The van der Waals surface area contributed by atoms with Crippen LogP contribution in [0.15, 0.2) is 17.0 Å². The van der Waals surface area contributed by atoms with E-state index in [9.17, 15) is 13.2 Å². The van der Waals surface area contributed by atoms with Crippen molar-refractivity contribution >= 4 is 48.9 Å². The molecule has 1 aromatic carbocycles. The Hall–Kier alpha value is -0.490. The number of hydrogen-bond donors (Lipinski definition) is 0. The van der Waals surface area contributed by atoms with E-state index in [1.165, 1.54) is 6.07 Å². The molecule has 4 nitrogen and oxygen atoms in total. The summed E-state index contributed by atoms with van der Waals surface area (Å²) in [6.45, 7) is 6.20. The summed E-state index contributed by atoms with van der Waals surface area (Å²) in [7, 11) is 1.15. The maximum atomic E-state index is 12.0. The molecule has 0 unspecified atom stereocenters. The third-order valence-electron chi connectivity index (χ3n) is 2.57. The lowest BCUT2D eigenvalue weighted by Crippen LogP contribution is -2.14. The van der Waals surface area contributed by atoms with Crippen molar-refractivity contribution < 1.29 is 17.9 Å². The summed E-state index contributed by atoms with van der Waals surface area (Å²) >= 11 is 11.7. The summed E-state index contributed by atoms with van der Waals surface area (Å²) in [5, 5.41) is -0.267. The van der Waals surface area contributed by atoms with Crippen molar-refractivity contribution in [1.82, 2.24) is 0 Å². The van der Waals surface area contributed by atoms with E-state index in [2.05, 4.69) is 0 Å². The number of halogens is 3. The van der Waals surface area contributed by atoms with Crippen LogP contribution in [-0.2, 0) is 13.8 Å². The van der Waals surface area contributed by atoms with Crippen LogP contribution in [0.2, 0.25) is 10.0 Å². The van der Waals surface area contributed by atoms with Crippen molar-refractivity contribution in [3.05, 3.63) is 27.7 Å². The van der Waals surface area contributed by atoms with Gasteiger partial charge in [-0.25, -0.2) is 13.2 Å². The van der Waals surface area contributed by atoms with Crippen molar-refractivity contribution in [2.45, 2.75) is 32.1 Å². The van der Waals surface area contributed by atoms with E-state index in [0.717, 1.165) is 6.07 Å². The van der Waals surface area contributed by atoms with E-state index in [1.54, 1.807) is 0 Å². The second-order valence-electron chi connectivity index (χ2n) is 5.65. The molecule has 0 radical (unpaired) electrons. The van der Waals surface area contributed by atoms with Crippen molar-refractivity contribution in [2.24, 2.45) is 5.41 Å². The first kappa shape index (κ1) is 18.6. The lowest BCUT2D eigenvalue weighted by atomic mass is 9.93. The van der Waals surface area contributed by atoms with E-state index >= 15 is 0 Å². The average molecular weight is 374 g/mol. The maximum Gasteiger partial charge on any atom is 0.339 e. The first-order chi connectivity index (χ1) is 9.42. The fraction of sp³-hybridized carbons (Fsp3) is 0.462. The van der Waals surface area contributed by atoms with Gasteiger partial charge in [0.05, 0.1) is 17.2 Å². The Bertz CT molecular complexity index is 648. The molecule has 0 N–H and O–H groups in total. The zero-order chi connectivity index (χ0) is 16.4. The molecule has 0 amide bonds. The molecule has 0 spiro atoms. The zero-order valence-electron chi connectivity index (χ0n) is 11.7. The van der Waals surface area contributed by atoms with E-state index in [-0.39, 0.29) is 27.6 Å². The lowest BCUT2D eigenvalue weighted by molar-refractivity contribution is 0.0465. The number of esters is 1. The van der Waals surface area contributed by atoms with Crippen LogP contribution in [0.5, 0.6) is 0 Å². The second kappa shape index (κ2) is 6.73. The third-order valence-corrected chi connectivity index (χ3v) is 4.66. The minimum atomic E-state index is -4.11. The first-order valence-electron chi connectivity index (χ1n) is 6.02. The highest BCUT2D eigenvalue weighted by Crippen LogP contribution is 2.32. The molecule has 0 aliphatic carbocycles. The predicted molar refractivity (Wildman–Crippen MR) is 83.9 cm³/mol. The summed E-state index contributed by atoms with van der Waals surface area (Å²) in [6, 6.07) is 2.33. The standard InChI is InChI=1S/C13H15Cl3O4S/c1-13(2,3)4-5-20-12(17)9-6-8(14)7-10(11(9)15)21(16,18)19/h6-7H,4-5H2,1-3H3. The topological polar surface area (TPSA) is 60.4 Å². The Morgan fingerprint density at radius 1 is 1.24 bits per heavy atom. The SMILES string of the molecule is CC(C)(C)CCOC(=O)c1cc(Cl)cc(S(=O)(=O)Cl)c1Cl. The van der Waals surface area contributed by atoms with Crippen molar-refractivity contribution in [3.63, 3.8) is 0 Å². The molecule has 0 aliphatic rings. The van der Waals surface area contributed by atoms with Crippen LogP contribution in [0.4, 0.5) is 0 Å². The van der Waals surface area contributed by atoms with Gasteiger partial charge in [0.25, 0.3) is 9.05 Å². The zero-order valence-corrected chi connectivity index (χ0v) is 14.8. The van der Waals surface area contributed by atoms with E-state index in [1.807, 2.05) is 20.8 Å². The Labute approximate surface area is 138 Å². The van der Waals surface area contributed by atoms with Crippen LogP contribution in [0.1, 0.15) is 37.6 Å². The Kier molecular flexibility index (Phi) is 5.95. The van der Waals surface area contributed by atoms with Crippen LogP contribution in [-0.4, -0.2) is 21.0 Å². The molecule has 0 saturated heterocycles. The monoisotopic (exact) mass is 372 g/mol. The third kappa shape index (κ3) is 5.66.